The quantitative estimate of drug-likeness (QED) is 0.357. The molecule has 1 aromatic rings. The molecule has 0 saturated heterocycles. The van der Waals surface area contributed by atoms with Crippen LogP contribution in [0, 0.1) is 6.92 Å². The molecule has 1 rings (SSSR count). The highest BCUT2D eigenvalue weighted by molar-refractivity contribution is 6.02. The van der Waals surface area contributed by atoms with E-state index in [1.807, 2.05) is 25.1 Å². The van der Waals surface area contributed by atoms with Gasteiger partial charge >= 0.3 is 0 Å². The molecule has 5 nitrogen and oxygen atoms in total. The highest BCUT2D eigenvalue weighted by Crippen LogP contribution is 2.24. The molecule has 0 aromatic heterocycles. The van der Waals surface area contributed by atoms with Crippen molar-refractivity contribution in [2.75, 3.05) is 25.2 Å². The van der Waals surface area contributed by atoms with Gasteiger partial charge in [0.25, 0.3) is 0 Å². The number of hydrogen-bond donors (Lipinski definition) is 2. The van der Waals surface area contributed by atoms with E-state index in [2.05, 4.69) is 23.9 Å². The van der Waals surface area contributed by atoms with Crippen LogP contribution in [-0.2, 0) is 4.74 Å². The molecule has 1 atom stereocenters. The van der Waals surface area contributed by atoms with Crippen molar-refractivity contribution in [1.29, 1.82) is 0 Å². The fraction of sp³-hybridized carbons (Fsp3) is 0.500. The number of benzene rings is 1. The van der Waals surface area contributed by atoms with Crippen LogP contribution in [0.1, 0.15) is 25.0 Å². The minimum atomic E-state index is 0.127. The van der Waals surface area contributed by atoms with Crippen molar-refractivity contribution < 1.29 is 9.94 Å². The van der Waals surface area contributed by atoms with Crippen molar-refractivity contribution in [3.05, 3.63) is 29.3 Å². The normalized spacial score (nSPS) is 13.4. The zero-order chi connectivity index (χ0) is 14.4. The summed E-state index contributed by atoms with van der Waals surface area (Å²) in [6.45, 7) is 7.58. The maximum Gasteiger partial charge on any atom is 0.172 e. The van der Waals surface area contributed by atoms with Crippen LogP contribution in [0.25, 0.3) is 0 Å². The zero-order valence-electron chi connectivity index (χ0n) is 12.1. The number of nitrogens with two attached hydrogens (primary N) is 1. The largest absolute Gasteiger partial charge is 0.409 e. The Bertz CT molecular complexity index is 446. The van der Waals surface area contributed by atoms with Gasteiger partial charge in [0.15, 0.2) is 5.84 Å². The van der Waals surface area contributed by atoms with Gasteiger partial charge < -0.3 is 20.6 Å². The molecule has 0 aliphatic carbocycles. The Balaban J connectivity index is 3.23. The lowest BCUT2D eigenvalue weighted by atomic mass is 10.1. The number of rotatable bonds is 6. The number of hydrogen-bond acceptors (Lipinski definition) is 4. The summed E-state index contributed by atoms with van der Waals surface area (Å²) in [5.74, 6) is 0.127. The first-order valence-corrected chi connectivity index (χ1v) is 6.39. The zero-order valence-corrected chi connectivity index (χ0v) is 12.1. The smallest absolute Gasteiger partial charge is 0.172 e. The summed E-state index contributed by atoms with van der Waals surface area (Å²) in [7, 11) is 1.68. The van der Waals surface area contributed by atoms with Crippen molar-refractivity contribution >= 4 is 11.5 Å². The molecule has 0 spiro atoms. The van der Waals surface area contributed by atoms with Crippen LogP contribution in [0.2, 0.25) is 0 Å². The Morgan fingerprint density at radius 1 is 1.53 bits per heavy atom. The van der Waals surface area contributed by atoms with E-state index in [0.29, 0.717) is 6.61 Å². The molecule has 1 aromatic carbocycles. The fourth-order valence-corrected chi connectivity index (χ4v) is 2.21. The second kappa shape index (κ2) is 6.99. The van der Waals surface area contributed by atoms with Crippen LogP contribution in [-0.4, -0.2) is 37.3 Å². The standard InChI is InChI=1S/C14H23N3O2/c1-5-17(11(3)9-19-4)13-7-6-10(2)8-12(13)14(15)16-18/h6-8,11,18H,5,9H2,1-4H3,(H2,15,16). The lowest BCUT2D eigenvalue weighted by Gasteiger charge is -2.31. The van der Waals surface area contributed by atoms with Crippen molar-refractivity contribution in [2.24, 2.45) is 10.9 Å². The van der Waals surface area contributed by atoms with Crippen molar-refractivity contribution in [2.45, 2.75) is 26.8 Å². The SMILES string of the molecule is CCN(c1ccc(C)cc1/C(N)=N/O)C(C)COC. The number of ether oxygens (including phenoxy) is 1. The number of oxime groups is 1. The number of amidine groups is 1. The highest BCUT2D eigenvalue weighted by atomic mass is 16.5. The van der Waals surface area contributed by atoms with Gasteiger partial charge in [-0.15, -0.1) is 0 Å². The molecule has 0 aliphatic heterocycles. The monoisotopic (exact) mass is 265 g/mol. The third kappa shape index (κ3) is 3.61. The summed E-state index contributed by atoms with van der Waals surface area (Å²) in [4.78, 5) is 2.18. The molecule has 0 amide bonds. The van der Waals surface area contributed by atoms with Crippen molar-refractivity contribution in [3.8, 4) is 0 Å². The van der Waals surface area contributed by atoms with E-state index >= 15 is 0 Å². The second-order valence-corrected chi connectivity index (χ2v) is 4.60. The minimum Gasteiger partial charge on any atom is -0.409 e. The molecule has 0 fully saturated rings. The van der Waals surface area contributed by atoms with Crippen LogP contribution in [0.5, 0.6) is 0 Å². The fourth-order valence-electron chi connectivity index (χ4n) is 2.21. The Hall–Kier alpha value is -1.75. The maximum absolute atomic E-state index is 8.92. The molecule has 0 radical (unpaired) electrons. The Morgan fingerprint density at radius 2 is 2.21 bits per heavy atom. The summed E-state index contributed by atoms with van der Waals surface area (Å²) in [5, 5.41) is 12.0. The average molecular weight is 265 g/mol. The summed E-state index contributed by atoms with van der Waals surface area (Å²) in [6, 6.07) is 6.15. The van der Waals surface area contributed by atoms with Crippen LogP contribution < -0.4 is 10.6 Å². The van der Waals surface area contributed by atoms with E-state index in [1.54, 1.807) is 7.11 Å². The van der Waals surface area contributed by atoms with E-state index in [0.717, 1.165) is 23.4 Å². The third-order valence-electron chi connectivity index (χ3n) is 3.13. The molecule has 0 heterocycles. The summed E-state index contributed by atoms with van der Waals surface area (Å²) in [6.07, 6.45) is 0. The molecular formula is C14H23N3O2. The van der Waals surface area contributed by atoms with Crippen molar-refractivity contribution in [1.82, 2.24) is 0 Å². The van der Waals surface area contributed by atoms with Gasteiger partial charge in [0.1, 0.15) is 0 Å². The summed E-state index contributed by atoms with van der Waals surface area (Å²) < 4.78 is 5.21. The van der Waals surface area contributed by atoms with E-state index in [9.17, 15) is 0 Å². The van der Waals surface area contributed by atoms with E-state index < -0.39 is 0 Å². The van der Waals surface area contributed by atoms with Crippen LogP contribution in [0.4, 0.5) is 5.69 Å². The average Bonchev–Trinajstić information content (AvgIpc) is 2.40. The number of methoxy groups -OCH3 is 1. The molecule has 1 unspecified atom stereocenters. The number of likely N-dealkylation sites (N-methyl/N-ethyl adjacent to an activating group) is 1. The number of anilines is 1. The van der Waals surface area contributed by atoms with Gasteiger partial charge in [-0.25, -0.2) is 0 Å². The molecular weight excluding hydrogens is 242 g/mol. The maximum atomic E-state index is 8.92. The molecule has 19 heavy (non-hydrogen) atoms. The summed E-state index contributed by atoms with van der Waals surface area (Å²) in [5.41, 5.74) is 8.54. The minimum absolute atomic E-state index is 0.127. The number of aryl methyl sites for hydroxylation is 1. The first-order chi connectivity index (χ1) is 9.04. The predicted octanol–water partition coefficient (Wildman–Crippen LogP) is 1.95. The lowest BCUT2D eigenvalue weighted by Crippen LogP contribution is -2.37. The second-order valence-electron chi connectivity index (χ2n) is 4.60. The Morgan fingerprint density at radius 3 is 2.74 bits per heavy atom. The van der Waals surface area contributed by atoms with Crippen LogP contribution in [0.3, 0.4) is 0 Å². The van der Waals surface area contributed by atoms with Gasteiger partial charge in [0.05, 0.1) is 6.61 Å². The van der Waals surface area contributed by atoms with E-state index in [4.69, 9.17) is 15.7 Å². The molecule has 5 heteroatoms. The molecule has 0 bridgehead atoms. The van der Waals surface area contributed by atoms with Gasteiger partial charge in [-0.1, -0.05) is 16.8 Å². The van der Waals surface area contributed by atoms with Gasteiger partial charge in [-0.2, -0.15) is 0 Å². The highest BCUT2D eigenvalue weighted by Gasteiger charge is 2.18. The lowest BCUT2D eigenvalue weighted by molar-refractivity contribution is 0.182. The Labute approximate surface area is 114 Å². The molecule has 0 saturated carbocycles. The number of nitrogens with zero attached hydrogens (tertiary/aromatic N) is 2. The third-order valence-corrected chi connectivity index (χ3v) is 3.13. The first kappa shape index (κ1) is 15.3. The van der Waals surface area contributed by atoms with Crippen LogP contribution in [0.15, 0.2) is 23.4 Å². The molecule has 3 N–H and O–H groups in total. The van der Waals surface area contributed by atoms with Crippen LogP contribution >= 0.6 is 0 Å². The van der Waals surface area contributed by atoms with Gasteiger partial charge in [-0.3, -0.25) is 0 Å². The topological polar surface area (TPSA) is 71.1 Å². The molecule has 0 aliphatic rings. The van der Waals surface area contributed by atoms with Gasteiger partial charge in [0.2, 0.25) is 0 Å². The molecule has 106 valence electrons. The van der Waals surface area contributed by atoms with Crippen molar-refractivity contribution in [3.63, 3.8) is 0 Å². The Kier molecular flexibility index (Phi) is 5.63. The van der Waals surface area contributed by atoms with E-state index in [1.165, 1.54) is 0 Å². The van der Waals surface area contributed by atoms with Gasteiger partial charge in [-0.05, 0) is 32.9 Å². The predicted molar refractivity (Wildman–Crippen MR) is 78.0 cm³/mol. The van der Waals surface area contributed by atoms with E-state index in [-0.39, 0.29) is 11.9 Å². The summed E-state index contributed by atoms with van der Waals surface area (Å²) >= 11 is 0. The first-order valence-electron chi connectivity index (χ1n) is 6.39. The van der Waals surface area contributed by atoms with Gasteiger partial charge in [0, 0.05) is 30.9 Å².